The van der Waals surface area contributed by atoms with E-state index in [0.29, 0.717) is 16.9 Å². The Balaban J connectivity index is 1.99. The average molecular weight is 296 g/mol. The second-order valence-electron chi connectivity index (χ2n) is 5.02. The van der Waals surface area contributed by atoms with Crippen LogP contribution in [0.1, 0.15) is 31.8 Å². The fraction of sp³-hybridized carbons (Fsp3) is 0.0588. The van der Waals surface area contributed by atoms with Crippen molar-refractivity contribution >= 4 is 17.8 Å². The van der Waals surface area contributed by atoms with Gasteiger partial charge in [0.2, 0.25) is 5.78 Å². The molecule has 1 aliphatic heterocycles. The summed E-state index contributed by atoms with van der Waals surface area (Å²) in [6.07, 6.45) is 1.46. The first kappa shape index (κ1) is 13.9. The van der Waals surface area contributed by atoms with Gasteiger partial charge in [-0.05, 0) is 48.4 Å². The number of hydrogen-bond donors (Lipinski definition) is 2. The van der Waals surface area contributed by atoms with Crippen LogP contribution in [0.5, 0.6) is 11.5 Å². The van der Waals surface area contributed by atoms with Crippen molar-refractivity contribution in [3.05, 3.63) is 64.4 Å². The molecule has 0 aliphatic carbocycles. The number of carboxylic acids is 1. The molecular formula is C17H12O5. The molecule has 3 rings (SSSR count). The normalized spacial score (nSPS) is 14.8. The topological polar surface area (TPSA) is 83.8 Å². The number of phenols is 1. The predicted octanol–water partition coefficient (Wildman–Crippen LogP) is 3.02. The van der Waals surface area contributed by atoms with Crippen LogP contribution in [0.25, 0.3) is 6.08 Å². The highest BCUT2D eigenvalue weighted by atomic mass is 16.5. The van der Waals surface area contributed by atoms with Gasteiger partial charge in [-0.25, -0.2) is 4.79 Å². The molecule has 0 spiro atoms. The third-order valence-corrected chi connectivity index (χ3v) is 3.37. The van der Waals surface area contributed by atoms with Crippen molar-refractivity contribution < 1.29 is 24.5 Å². The number of fused-ring (bicyclic) bond motifs is 1. The Morgan fingerprint density at radius 3 is 2.68 bits per heavy atom. The number of carbonyl (C=O) groups excluding carboxylic acids is 1. The van der Waals surface area contributed by atoms with Crippen molar-refractivity contribution in [3.63, 3.8) is 0 Å². The number of aryl methyl sites for hydroxylation is 1. The summed E-state index contributed by atoms with van der Waals surface area (Å²) in [5, 5.41) is 18.5. The lowest BCUT2D eigenvalue weighted by molar-refractivity contribution is 0.0693. The molecule has 0 atom stereocenters. The maximum atomic E-state index is 12.2. The van der Waals surface area contributed by atoms with Crippen molar-refractivity contribution in [2.75, 3.05) is 0 Å². The zero-order valence-corrected chi connectivity index (χ0v) is 11.7. The molecule has 0 aromatic heterocycles. The Morgan fingerprint density at radius 2 is 1.95 bits per heavy atom. The number of carbonyl (C=O) groups is 2. The van der Waals surface area contributed by atoms with Crippen molar-refractivity contribution in [3.8, 4) is 11.5 Å². The van der Waals surface area contributed by atoms with Gasteiger partial charge in [0.05, 0.1) is 5.56 Å². The quantitative estimate of drug-likeness (QED) is 0.832. The highest BCUT2D eigenvalue weighted by Crippen LogP contribution is 2.32. The van der Waals surface area contributed by atoms with Crippen LogP contribution >= 0.6 is 0 Å². The predicted molar refractivity (Wildman–Crippen MR) is 79.2 cm³/mol. The van der Waals surface area contributed by atoms with Crippen LogP contribution in [0.4, 0.5) is 0 Å². The number of ketones is 1. The van der Waals surface area contributed by atoms with Gasteiger partial charge in [-0.2, -0.15) is 0 Å². The Kier molecular flexibility index (Phi) is 3.18. The smallest absolute Gasteiger partial charge is 0.339 e. The zero-order chi connectivity index (χ0) is 15.9. The summed E-state index contributed by atoms with van der Waals surface area (Å²) in [6, 6.07) is 9.37. The number of hydrogen-bond acceptors (Lipinski definition) is 4. The highest BCUT2D eigenvalue weighted by molar-refractivity contribution is 6.14. The zero-order valence-electron chi connectivity index (χ0n) is 11.7. The minimum Gasteiger partial charge on any atom is -0.507 e. The van der Waals surface area contributed by atoms with Crippen LogP contribution in [-0.2, 0) is 0 Å². The van der Waals surface area contributed by atoms with E-state index < -0.39 is 5.97 Å². The number of benzene rings is 2. The van der Waals surface area contributed by atoms with Crippen molar-refractivity contribution in [2.45, 2.75) is 6.92 Å². The molecule has 22 heavy (non-hydrogen) atoms. The van der Waals surface area contributed by atoms with Gasteiger partial charge in [-0.15, -0.1) is 0 Å². The molecular weight excluding hydrogens is 284 g/mol. The Bertz CT molecular complexity index is 833. The summed E-state index contributed by atoms with van der Waals surface area (Å²) in [7, 11) is 0. The standard InChI is InChI=1S/C17H12O5/c1-9-2-4-11-14(6-9)22-15(16(11)19)8-10-3-5-13(18)12(7-10)17(20)21/h2-8,18H,1H3,(H,20,21)/b15-8-. The lowest BCUT2D eigenvalue weighted by Gasteiger charge is -2.02. The summed E-state index contributed by atoms with van der Waals surface area (Å²) in [5.41, 5.74) is 1.69. The largest absolute Gasteiger partial charge is 0.507 e. The molecule has 0 unspecified atom stereocenters. The van der Waals surface area contributed by atoms with Crippen molar-refractivity contribution in [1.29, 1.82) is 0 Å². The SMILES string of the molecule is Cc1ccc2c(c1)O/C(=C\c1ccc(O)c(C(=O)O)c1)C2=O. The number of Topliss-reactive ketones (excluding diaryl/α,β-unsaturated/α-hetero) is 1. The van der Waals surface area contributed by atoms with Crippen LogP contribution in [0.2, 0.25) is 0 Å². The van der Waals surface area contributed by atoms with Gasteiger partial charge in [-0.1, -0.05) is 12.1 Å². The number of rotatable bonds is 2. The summed E-state index contributed by atoms with van der Waals surface area (Å²) in [6.45, 7) is 1.90. The maximum Gasteiger partial charge on any atom is 0.339 e. The molecule has 2 aromatic rings. The third-order valence-electron chi connectivity index (χ3n) is 3.37. The van der Waals surface area contributed by atoms with Crippen LogP contribution in [0.15, 0.2) is 42.2 Å². The molecule has 1 aliphatic rings. The molecule has 0 radical (unpaired) electrons. The summed E-state index contributed by atoms with van der Waals surface area (Å²) in [4.78, 5) is 23.3. The van der Waals surface area contributed by atoms with Crippen LogP contribution in [0.3, 0.4) is 0 Å². The van der Waals surface area contributed by atoms with E-state index >= 15 is 0 Å². The minimum absolute atomic E-state index is 0.127. The van der Waals surface area contributed by atoms with Crippen LogP contribution in [0, 0.1) is 6.92 Å². The van der Waals surface area contributed by atoms with Crippen molar-refractivity contribution in [2.24, 2.45) is 0 Å². The van der Waals surface area contributed by atoms with E-state index in [1.807, 2.05) is 13.0 Å². The molecule has 110 valence electrons. The lowest BCUT2D eigenvalue weighted by atomic mass is 10.1. The monoisotopic (exact) mass is 296 g/mol. The molecule has 2 N–H and O–H groups in total. The van der Waals surface area contributed by atoms with E-state index in [2.05, 4.69) is 0 Å². The van der Waals surface area contributed by atoms with E-state index in [9.17, 15) is 14.7 Å². The molecule has 5 nitrogen and oxygen atoms in total. The molecule has 0 amide bonds. The molecule has 0 bridgehead atoms. The van der Waals surface area contributed by atoms with Gasteiger partial charge in [0, 0.05) is 0 Å². The number of ether oxygens (including phenoxy) is 1. The summed E-state index contributed by atoms with van der Waals surface area (Å²) in [5.74, 6) is -1.20. The van der Waals surface area contributed by atoms with Crippen LogP contribution < -0.4 is 4.74 Å². The summed E-state index contributed by atoms with van der Waals surface area (Å²) >= 11 is 0. The Morgan fingerprint density at radius 1 is 1.18 bits per heavy atom. The van der Waals surface area contributed by atoms with E-state index in [-0.39, 0.29) is 22.9 Å². The number of carboxylic acid groups (broad SMARTS) is 1. The molecule has 0 saturated heterocycles. The van der Waals surface area contributed by atoms with Gasteiger partial charge >= 0.3 is 5.97 Å². The Labute approximate surface area is 126 Å². The first-order valence-corrected chi connectivity index (χ1v) is 6.57. The fourth-order valence-corrected chi connectivity index (χ4v) is 2.26. The maximum absolute atomic E-state index is 12.2. The second kappa shape index (κ2) is 5.04. The average Bonchev–Trinajstić information content (AvgIpc) is 2.76. The van der Waals surface area contributed by atoms with E-state index in [1.54, 1.807) is 12.1 Å². The van der Waals surface area contributed by atoms with E-state index in [1.165, 1.54) is 24.3 Å². The van der Waals surface area contributed by atoms with Crippen LogP contribution in [-0.4, -0.2) is 22.0 Å². The Hall–Kier alpha value is -3.08. The number of allylic oxidation sites excluding steroid dienone is 1. The molecule has 1 heterocycles. The fourth-order valence-electron chi connectivity index (χ4n) is 2.26. The molecule has 0 saturated carbocycles. The highest BCUT2D eigenvalue weighted by Gasteiger charge is 2.27. The van der Waals surface area contributed by atoms with Gasteiger partial charge in [0.15, 0.2) is 5.76 Å². The lowest BCUT2D eigenvalue weighted by Crippen LogP contribution is -2.00. The summed E-state index contributed by atoms with van der Waals surface area (Å²) < 4.78 is 5.54. The minimum atomic E-state index is -1.24. The first-order valence-electron chi connectivity index (χ1n) is 6.57. The first-order chi connectivity index (χ1) is 10.5. The van der Waals surface area contributed by atoms with Gasteiger partial charge in [0.1, 0.15) is 17.1 Å². The number of aromatic carboxylic acids is 1. The number of aromatic hydroxyl groups is 1. The van der Waals surface area contributed by atoms with Gasteiger partial charge in [0.25, 0.3) is 0 Å². The third kappa shape index (κ3) is 2.33. The van der Waals surface area contributed by atoms with E-state index in [4.69, 9.17) is 9.84 Å². The molecule has 0 fully saturated rings. The molecule has 5 heteroatoms. The second-order valence-corrected chi connectivity index (χ2v) is 5.02. The van der Waals surface area contributed by atoms with E-state index in [0.717, 1.165) is 5.56 Å². The van der Waals surface area contributed by atoms with Crippen molar-refractivity contribution in [1.82, 2.24) is 0 Å². The van der Waals surface area contributed by atoms with Gasteiger partial charge in [-0.3, -0.25) is 4.79 Å². The van der Waals surface area contributed by atoms with Gasteiger partial charge < -0.3 is 14.9 Å². The molecule has 2 aromatic carbocycles.